The standard InChI is InChI=1S/C10H13N3O3S/c11-6-1-2-7(12)9-8(6)13-10(17-9)16-4-5(15)3-14/h1-2,5,14-15H,3-4,11-12H2. The first-order valence-electron chi connectivity index (χ1n) is 4.98. The van der Waals surface area contributed by atoms with Crippen LogP contribution in [-0.2, 0) is 0 Å². The molecule has 17 heavy (non-hydrogen) atoms. The number of hydrogen-bond donors (Lipinski definition) is 4. The van der Waals surface area contributed by atoms with Crippen LogP contribution in [0.4, 0.5) is 11.4 Å². The average Bonchev–Trinajstić information content (AvgIpc) is 2.76. The lowest BCUT2D eigenvalue weighted by molar-refractivity contribution is 0.0536. The second-order valence-electron chi connectivity index (χ2n) is 3.55. The van der Waals surface area contributed by atoms with Crippen LogP contribution in [0.2, 0.25) is 0 Å². The van der Waals surface area contributed by atoms with Crippen LogP contribution < -0.4 is 16.2 Å². The number of benzene rings is 1. The van der Waals surface area contributed by atoms with E-state index < -0.39 is 6.10 Å². The zero-order valence-corrected chi connectivity index (χ0v) is 9.78. The molecule has 1 unspecified atom stereocenters. The van der Waals surface area contributed by atoms with Gasteiger partial charge in [-0.3, -0.25) is 0 Å². The summed E-state index contributed by atoms with van der Waals surface area (Å²) < 4.78 is 6.00. The normalized spacial score (nSPS) is 12.8. The minimum Gasteiger partial charge on any atom is -0.467 e. The van der Waals surface area contributed by atoms with E-state index >= 15 is 0 Å². The molecule has 0 spiro atoms. The Balaban J connectivity index is 2.26. The highest BCUT2D eigenvalue weighted by molar-refractivity contribution is 7.20. The van der Waals surface area contributed by atoms with Crippen molar-refractivity contribution in [3.8, 4) is 5.19 Å². The number of anilines is 2. The molecule has 0 aliphatic heterocycles. The van der Waals surface area contributed by atoms with E-state index in [1.807, 2.05) is 0 Å². The lowest BCUT2D eigenvalue weighted by atomic mass is 10.2. The fraction of sp³-hybridized carbons (Fsp3) is 0.300. The lowest BCUT2D eigenvalue weighted by Gasteiger charge is -2.05. The number of ether oxygens (including phenoxy) is 1. The Bertz CT molecular complexity index is 490. The molecule has 1 aromatic carbocycles. The van der Waals surface area contributed by atoms with E-state index in [4.69, 9.17) is 26.4 Å². The van der Waals surface area contributed by atoms with Gasteiger partial charge < -0.3 is 26.4 Å². The van der Waals surface area contributed by atoms with Gasteiger partial charge in [0, 0.05) is 0 Å². The first-order valence-corrected chi connectivity index (χ1v) is 5.79. The molecule has 1 atom stereocenters. The van der Waals surface area contributed by atoms with E-state index in [1.54, 1.807) is 12.1 Å². The number of fused-ring (bicyclic) bond motifs is 1. The fourth-order valence-electron chi connectivity index (χ4n) is 1.31. The number of thiazole rings is 1. The van der Waals surface area contributed by atoms with Crippen molar-refractivity contribution in [2.75, 3.05) is 24.7 Å². The van der Waals surface area contributed by atoms with E-state index in [1.165, 1.54) is 11.3 Å². The van der Waals surface area contributed by atoms with Crippen LogP contribution >= 0.6 is 11.3 Å². The number of hydrogen-bond acceptors (Lipinski definition) is 7. The summed E-state index contributed by atoms with van der Waals surface area (Å²) >= 11 is 1.26. The maximum atomic E-state index is 9.16. The Hall–Kier alpha value is -1.57. The molecule has 92 valence electrons. The van der Waals surface area contributed by atoms with Crippen LogP contribution in [0, 0.1) is 0 Å². The van der Waals surface area contributed by atoms with Crippen molar-refractivity contribution in [3.63, 3.8) is 0 Å². The molecule has 0 amide bonds. The largest absolute Gasteiger partial charge is 0.467 e. The van der Waals surface area contributed by atoms with Crippen molar-refractivity contribution in [3.05, 3.63) is 12.1 Å². The molecule has 0 radical (unpaired) electrons. The van der Waals surface area contributed by atoms with Crippen LogP contribution in [-0.4, -0.2) is 34.5 Å². The highest BCUT2D eigenvalue weighted by Crippen LogP contribution is 2.35. The van der Waals surface area contributed by atoms with Gasteiger partial charge in [0.05, 0.1) is 22.7 Å². The summed E-state index contributed by atoms with van der Waals surface area (Å²) in [5.41, 5.74) is 13.3. The third-order valence-corrected chi connectivity index (χ3v) is 3.21. The monoisotopic (exact) mass is 255 g/mol. The summed E-state index contributed by atoms with van der Waals surface area (Å²) in [4.78, 5) is 4.18. The third kappa shape index (κ3) is 2.41. The van der Waals surface area contributed by atoms with Gasteiger partial charge >= 0.3 is 0 Å². The highest BCUT2D eigenvalue weighted by Gasteiger charge is 2.11. The van der Waals surface area contributed by atoms with Gasteiger partial charge in [-0.25, -0.2) is 4.98 Å². The maximum Gasteiger partial charge on any atom is 0.274 e. The summed E-state index contributed by atoms with van der Waals surface area (Å²) in [6, 6.07) is 3.39. The van der Waals surface area contributed by atoms with Crippen molar-refractivity contribution in [2.45, 2.75) is 6.10 Å². The van der Waals surface area contributed by atoms with Gasteiger partial charge in [0.15, 0.2) is 0 Å². The molecule has 0 fully saturated rings. The lowest BCUT2D eigenvalue weighted by Crippen LogP contribution is -2.21. The van der Waals surface area contributed by atoms with Crippen LogP contribution in [0.1, 0.15) is 0 Å². The van der Waals surface area contributed by atoms with Crippen molar-refractivity contribution in [1.82, 2.24) is 4.98 Å². The molecule has 1 aromatic heterocycles. The van der Waals surface area contributed by atoms with Crippen LogP contribution in [0.15, 0.2) is 12.1 Å². The van der Waals surface area contributed by atoms with E-state index in [9.17, 15) is 0 Å². The van der Waals surface area contributed by atoms with Crippen molar-refractivity contribution >= 4 is 32.9 Å². The maximum absolute atomic E-state index is 9.16. The SMILES string of the molecule is Nc1ccc(N)c2sc(OCC(O)CO)nc12. The molecule has 0 bridgehead atoms. The van der Waals surface area contributed by atoms with E-state index in [-0.39, 0.29) is 13.2 Å². The van der Waals surface area contributed by atoms with Gasteiger partial charge in [0.25, 0.3) is 5.19 Å². The second-order valence-corrected chi connectivity index (χ2v) is 4.51. The van der Waals surface area contributed by atoms with Gasteiger partial charge in [-0.05, 0) is 12.1 Å². The second kappa shape index (κ2) is 4.74. The Kier molecular flexibility index (Phi) is 3.32. The van der Waals surface area contributed by atoms with Gasteiger partial charge in [0.2, 0.25) is 0 Å². The predicted molar refractivity (Wildman–Crippen MR) is 67.0 cm³/mol. The van der Waals surface area contributed by atoms with Gasteiger partial charge in [-0.1, -0.05) is 11.3 Å². The smallest absolute Gasteiger partial charge is 0.274 e. The van der Waals surface area contributed by atoms with Gasteiger partial charge in [0.1, 0.15) is 18.2 Å². The topological polar surface area (TPSA) is 115 Å². The molecule has 1 heterocycles. The van der Waals surface area contributed by atoms with Crippen molar-refractivity contribution in [1.29, 1.82) is 0 Å². The molecule has 6 nitrogen and oxygen atoms in total. The minimum absolute atomic E-state index is 0.0177. The summed E-state index contributed by atoms with van der Waals surface area (Å²) in [5.74, 6) is 0. The van der Waals surface area contributed by atoms with E-state index in [0.717, 1.165) is 4.70 Å². The highest BCUT2D eigenvalue weighted by atomic mass is 32.1. The molecule has 0 saturated heterocycles. The summed E-state index contributed by atoms with van der Waals surface area (Å²) in [5, 5.41) is 18.2. The average molecular weight is 255 g/mol. The molecule has 0 saturated carbocycles. The number of aliphatic hydroxyl groups excluding tert-OH is 2. The predicted octanol–water partition coefficient (Wildman–Crippen LogP) is 0.193. The Morgan fingerprint density at radius 3 is 2.71 bits per heavy atom. The molecular formula is C10H13N3O3S. The number of nitrogens with two attached hydrogens (primary N) is 2. The van der Waals surface area contributed by atoms with Crippen molar-refractivity contribution in [2.24, 2.45) is 0 Å². The first-order chi connectivity index (χ1) is 8.11. The zero-order valence-electron chi connectivity index (χ0n) is 8.96. The Morgan fingerprint density at radius 2 is 2.06 bits per heavy atom. The molecule has 2 aromatic rings. The molecular weight excluding hydrogens is 242 g/mol. The first kappa shape index (κ1) is 11.9. The molecule has 7 heteroatoms. The number of rotatable bonds is 4. The number of aliphatic hydroxyl groups is 2. The van der Waals surface area contributed by atoms with E-state index in [0.29, 0.717) is 22.1 Å². The van der Waals surface area contributed by atoms with Crippen LogP contribution in [0.25, 0.3) is 10.2 Å². The van der Waals surface area contributed by atoms with Crippen LogP contribution in [0.3, 0.4) is 0 Å². The summed E-state index contributed by atoms with van der Waals surface area (Å²) in [6.45, 7) is -0.370. The van der Waals surface area contributed by atoms with Gasteiger partial charge in [-0.2, -0.15) is 0 Å². The molecule has 0 aliphatic rings. The number of nitrogens with zero attached hydrogens (tertiary/aromatic N) is 1. The zero-order chi connectivity index (χ0) is 12.4. The number of aromatic nitrogens is 1. The molecule has 6 N–H and O–H groups in total. The van der Waals surface area contributed by atoms with Crippen molar-refractivity contribution < 1.29 is 14.9 Å². The molecule has 2 rings (SSSR count). The minimum atomic E-state index is -0.920. The van der Waals surface area contributed by atoms with Crippen LogP contribution in [0.5, 0.6) is 5.19 Å². The van der Waals surface area contributed by atoms with E-state index in [2.05, 4.69) is 4.98 Å². The summed E-state index contributed by atoms with van der Waals surface area (Å²) in [6.07, 6.45) is -0.920. The quantitative estimate of drug-likeness (QED) is 0.580. The Labute approximate surface area is 101 Å². The molecule has 0 aliphatic carbocycles. The fourth-order valence-corrected chi connectivity index (χ4v) is 2.19. The summed E-state index contributed by atoms with van der Waals surface area (Å²) in [7, 11) is 0. The Morgan fingerprint density at radius 1 is 1.35 bits per heavy atom. The van der Waals surface area contributed by atoms with Gasteiger partial charge in [-0.15, -0.1) is 0 Å². The third-order valence-electron chi connectivity index (χ3n) is 2.20. The number of nitrogen functional groups attached to an aromatic ring is 2.